The second kappa shape index (κ2) is 5.51. The quantitative estimate of drug-likeness (QED) is 0.791. The number of hydrogen-bond acceptors (Lipinski definition) is 2. The van der Waals surface area contributed by atoms with Crippen LogP contribution in [-0.4, -0.2) is 46.8 Å². The van der Waals surface area contributed by atoms with Gasteiger partial charge in [-0.05, 0) is 12.0 Å². The van der Waals surface area contributed by atoms with Gasteiger partial charge in [0, 0.05) is 38.6 Å². The fourth-order valence-corrected chi connectivity index (χ4v) is 3.37. The molecule has 0 N–H and O–H groups in total. The van der Waals surface area contributed by atoms with E-state index in [1.54, 1.807) is 0 Å². The van der Waals surface area contributed by atoms with Crippen LogP contribution in [0.15, 0.2) is 30.3 Å². The van der Waals surface area contributed by atoms with Crippen molar-refractivity contribution < 1.29 is 4.79 Å². The molecule has 2 aliphatic rings. The van der Waals surface area contributed by atoms with Crippen molar-refractivity contribution in [3.05, 3.63) is 35.9 Å². The largest absolute Gasteiger partial charge is 0.337 e. The van der Waals surface area contributed by atoms with Gasteiger partial charge in [0.15, 0.2) is 0 Å². The molecule has 2 heterocycles. The van der Waals surface area contributed by atoms with Gasteiger partial charge in [-0.15, -0.1) is 11.6 Å². The standard InChI is InChI=1S/C15H19ClN2O/c16-13-8-15(19)18(10-13)14-6-7-17(11-14)9-12-4-2-1-3-5-12/h1-5,13-14H,6-11H2. The van der Waals surface area contributed by atoms with E-state index < -0.39 is 0 Å². The fourth-order valence-electron chi connectivity index (χ4n) is 3.09. The van der Waals surface area contributed by atoms with Crippen molar-refractivity contribution in [2.75, 3.05) is 19.6 Å². The molecule has 1 amide bonds. The second-order valence-electron chi connectivity index (χ2n) is 5.51. The first-order chi connectivity index (χ1) is 9.22. The van der Waals surface area contributed by atoms with Crippen molar-refractivity contribution in [1.82, 2.24) is 9.80 Å². The van der Waals surface area contributed by atoms with E-state index in [9.17, 15) is 4.79 Å². The van der Waals surface area contributed by atoms with Crippen molar-refractivity contribution in [3.63, 3.8) is 0 Å². The van der Waals surface area contributed by atoms with E-state index in [0.717, 1.165) is 32.6 Å². The lowest BCUT2D eigenvalue weighted by molar-refractivity contribution is -0.129. The predicted octanol–water partition coefficient (Wildman–Crippen LogP) is 2.10. The second-order valence-corrected chi connectivity index (χ2v) is 6.13. The number of amides is 1. The molecule has 2 unspecified atom stereocenters. The van der Waals surface area contributed by atoms with Crippen LogP contribution in [0.3, 0.4) is 0 Å². The molecule has 3 nitrogen and oxygen atoms in total. The zero-order valence-electron chi connectivity index (χ0n) is 11.0. The maximum Gasteiger partial charge on any atom is 0.224 e. The first kappa shape index (κ1) is 12.9. The summed E-state index contributed by atoms with van der Waals surface area (Å²) in [4.78, 5) is 16.3. The molecule has 4 heteroatoms. The van der Waals surface area contributed by atoms with Gasteiger partial charge in [-0.1, -0.05) is 30.3 Å². The number of benzene rings is 1. The number of rotatable bonds is 3. The summed E-state index contributed by atoms with van der Waals surface area (Å²) in [6, 6.07) is 10.9. The SMILES string of the molecule is O=C1CC(Cl)CN1C1CCN(Cc2ccccc2)C1. The fraction of sp³-hybridized carbons (Fsp3) is 0.533. The zero-order valence-corrected chi connectivity index (χ0v) is 11.7. The van der Waals surface area contributed by atoms with Crippen molar-refractivity contribution in [3.8, 4) is 0 Å². The number of carbonyl (C=O) groups excluding carboxylic acids is 1. The molecule has 19 heavy (non-hydrogen) atoms. The number of nitrogens with zero attached hydrogens (tertiary/aromatic N) is 2. The van der Waals surface area contributed by atoms with Crippen LogP contribution >= 0.6 is 11.6 Å². The Morgan fingerprint density at radius 1 is 1.21 bits per heavy atom. The van der Waals surface area contributed by atoms with Crippen LogP contribution in [-0.2, 0) is 11.3 Å². The van der Waals surface area contributed by atoms with Gasteiger partial charge in [-0.25, -0.2) is 0 Å². The maximum absolute atomic E-state index is 11.9. The van der Waals surface area contributed by atoms with E-state index in [0.29, 0.717) is 12.5 Å². The summed E-state index contributed by atoms with van der Waals surface area (Å²) < 4.78 is 0. The molecule has 0 aliphatic carbocycles. The van der Waals surface area contributed by atoms with Crippen LogP contribution in [0.2, 0.25) is 0 Å². The highest BCUT2D eigenvalue weighted by Gasteiger charge is 2.36. The summed E-state index contributed by atoms with van der Waals surface area (Å²) in [7, 11) is 0. The summed E-state index contributed by atoms with van der Waals surface area (Å²) in [5.74, 6) is 0.228. The van der Waals surface area contributed by atoms with Crippen molar-refractivity contribution in [2.45, 2.75) is 30.8 Å². The molecule has 0 bridgehead atoms. The van der Waals surface area contributed by atoms with Gasteiger partial charge in [0.25, 0.3) is 0 Å². The molecule has 2 saturated heterocycles. The Bertz CT molecular complexity index is 451. The van der Waals surface area contributed by atoms with Crippen LogP contribution in [0.25, 0.3) is 0 Å². The number of alkyl halides is 1. The van der Waals surface area contributed by atoms with E-state index in [2.05, 4.69) is 29.2 Å². The summed E-state index contributed by atoms with van der Waals surface area (Å²) in [6.45, 7) is 3.74. The number of carbonyl (C=O) groups is 1. The Morgan fingerprint density at radius 2 is 2.00 bits per heavy atom. The third kappa shape index (κ3) is 2.93. The minimum atomic E-state index is 0.00988. The van der Waals surface area contributed by atoms with Gasteiger partial charge in [-0.2, -0.15) is 0 Å². The highest BCUT2D eigenvalue weighted by atomic mass is 35.5. The monoisotopic (exact) mass is 278 g/mol. The molecular weight excluding hydrogens is 260 g/mol. The lowest BCUT2D eigenvalue weighted by Crippen LogP contribution is -2.38. The molecule has 0 aromatic heterocycles. The molecule has 102 valence electrons. The van der Waals surface area contributed by atoms with E-state index in [1.165, 1.54) is 5.56 Å². The van der Waals surface area contributed by atoms with E-state index in [-0.39, 0.29) is 11.3 Å². The maximum atomic E-state index is 11.9. The minimum Gasteiger partial charge on any atom is -0.337 e. The van der Waals surface area contributed by atoms with Gasteiger partial charge in [0.1, 0.15) is 0 Å². The van der Waals surface area contributed by atoms with Gasteiger partial charge >= 0.3 is 0 Å². The predicted molar refractivity (Wildman–Crippen MR) is 76.1 cm³/mol. The molecule has 2 fully saturated rings. The summed E-state index contributed by atoms with van der Waals surface area (Å²) in [6.07, 6.45) is 1.58. The summed E-state index contributed by atoms with van der Waals surface area (Å²) in [5, 5.41) is 0.00988. The van der Waals surface area contributed by atoms with Gasteiger partial charge in [-0.3, -0.25) is 9.69 Å². The zero-order chi connectivity index (χ0) is 13.2. The number of halogens is 1. The van der Waals surface area contributed by atoms with E-state index >= 15 is 0 Å². The summed E-state index contributed by atoms with van der Waals surface area (Å²) >= 11 is 6.07. The molecule has 2 atom stereocenters. The Hall–Kier alpha value is -1.06. The van der Waals surface area contributed by atoms with Gasteiger partial charge in [0.2, 0.25) is 5.91 Å². The Morgan fingerprint density at radius 3 is 2.68 bits per heavy atom. The minimum absolute atomic E-state index is 0.00988. The first-order valence-electron chi connectivity index (χ1n) is 6.92. The Labute approximate surface area is 119 Å². The van der Waals surface area contributed by atoms with E-state index in [4.69, 9.17) is 11.6 Å². The first-order valence-corrected chi connectivity index (χ1v) is 7.36. The third-order valence-corrected chi connectivity index (χ3v) is 4.34. The van der Waals surface area contributed by atoms with E-state index in [1.807, 2.05) is 11.0 Å². The molecule has 0 radical (unpaired) electrons. The average Bonchev–Trinajstić information content (AvgIpc) is 2.97. The van der Waals surface area contributed by atoms with Crippen LogP contribution in [0.1, 0.15) is 18.4 Å². The van der Waals surface area contributed by atoms with Gasteiger partial charge < -0.3 is 4.90 Å². The molecule has 3 rings (SSSR count). The lowest BCUT2D eigenvalue weighted by Gasteiger charge is -2.24. The molecule has 1 aromatic rings. The van der Waals surface area contributed by atoms with Crippen molar-refractivity contribution in [1.29, 1.82) is 0 Å². The highest BCUT2D eigenvalue weighted by molar-refractivity contribution is 6.22. The normalized spacial score (nSPS) is 28.3. The topological polar surface area (TPSA) is 23.6 Å². The Balaban J connectivity index is 1.57. The van der Waals surface area contributed by atoms with Gasteiger partial charge in [0.05, 0.1) is 5.38 Å². The van der Waals surface area contributed by atoms with Crippen LogP contribution in [0, 0.1) is 0 Å². The summed E-state index contributed by atoms with van der Waals surface area (Å²) in [5.41, 5.74) is 1.34. The third-order valence-electron chi connectivity index (χ3n) is 4.05. The Kier molecular flexibility index (Phi) is 3.76. The average molecular weight is 279 g/mol. The molecule has 2 aliphatic heterocycles. The van der Waals surface area contributed by atoms with Crippen LogP contribution in [0.5, 0.6) is 0 Å². The molecule has 1 aromatic carbocycles. The van der Waals surface area contributed by atoms with Crippen molar-refractivity contribution >= 4 is 17.5 Å². The van der Waals surface area contributed by atoms with Crippen LogP contribution in [0.4, 0.5) is 0 Å². The number of hydrogen-bond donors (Lipinski definition) is 0. The van der Waals surface area contributed by atoms with Crippen molar-refractivity contribution in [2.24, 2.45) is 0 Å². The smallest absolute Gasteiger partial charge is 0.224 e. The molecule has 0 spiro atoms. The number of likely N-dealkylation sites (tertiary alicyclic amines) is 2. The highest BCUT2D eigenvalue weighted by Crippen LogP contribution is 2.24. The lowest BCUT2D eigenvalue weighted by atomic mass is 10.2. The molecular formula is C15H19ClN2O. The van der Waals surface area contributed by atoms with Crippen LogP contribution < -0.4 is 0 Å². The molecule has 0 saturated carbocycles.